The first-order valence-electron chi connectivity index (χ1n) is 8.20. The van der Waals surface area contributed by atoms with Gasteiger partial charge in [0.1, 0.15) is 0 Å². The quantitative estimate of drug-likeness (QED) is 0.686. The summed E-state index contributed by atoms with van der Waals surface area (Å²) in [7, 11) is 0. The molecule has 0 aliphatic carbocycles. The molecule has 0 radical (unpaired) electrons. The Morgan fingerprint density at radius 1 is 1.26 bits per heavy atom. The van der Waals surface area contributed by atoms with Crippen molar-refractivity contribution in [1.29, 1.82) is 0 Å². The van der Waals surface area contributed by atoms with Crippen molar-refractivity contribution in [3.63, 3.8) is 0 Å². The highest BCUT2D eigenvalue weighted by Gasteiger charge is 2.31. The summed E-state index contributed by atoms with van der Waals surface area (Å²) in [6, 6.07) is 2.16. The monoisotopic (exact) mass is 286 g/mol. The molecule has 1 aliphatic heterocycles. The summed E-state index contributed by atoms with van der Waals surface area (Å²) in [4.78, 5) is 2.78. The molecule has 4 atom stereocenters. The van der Waals surface area contributed by atoms with E-state index in [2.05, 4.69) is 56.6 Å². The Labute approximate surface area is 125 Å². The summed E-state index contributed by atoms with van der Waals surface area (Å²) in [6.07, 6.45) is 3.89. The smallest absolute Gasteiger partial charge is 0.0221 e. The first-order chi connectivity index (χ1) is 9.13. The van der Waals surface area contributed by atoms with Crippen molar-refractivity contribution in [3.05, 3.63) is 0 Å². The van der Waals surface area contributed by atoms with Gasteiger partial charge in [-0.05, 0) is 37.2 Å². The van der Waals surface area contributed by atoms with Crippen molar-refractivity contribution in [2.45, 2.75) is 72.0 Å². The molecule has 0 aromatic heterocycles. The lowest BCUT2D eigenvalue weighted by atomic mass is 9.93. The molecule has 0 bridgehead atoms. The standard InChI is InChI=1S/C16H34N2S/c1-6-13(4)16-12-18(15(7-2)11-17-16)14(5)9-10-19-8-3/h13-17H,6-12H2,1-5H3. The van der Waals surface area contributed by atoms with Crippen LogP contribution in [-0.2, 0) is 0 Å². The lowest BCUT2D eigenvalue weighted by molar-refractivity contribution is 0.0698. The normalized spacial score (nSPS) is 28.3. The lowest BCUT2D eigenvalue weighted by Crippen LogP contribution is -2.60. The molecule has 1 saturated heterocycles. The first-order valence-corrected chi connectivity index (χ1v) is 9.36. The number of rotatable bonds is 8. The summed E-state index contributed by atoms with van der Waals surface area (Å²) < 4.78 is 0. The van der Waals surface area contributed by atoms with Gasteiger partial charge in [-0.15, -0.1) is 0 Å². The zero-order chi connectivity index (χ0) is 14.3. The number of thioether (sulfide) groups is 1. The van der Waals surface area contributed by atoms with E-state index < -0.39 is 0 Å². The fraction of sp³-hybridized carbons (Fsp3) is 1.00. The van der Waals surface area contributed by atoms with E-state index in [1.165, 1.54) is 43.9 Å². The van der Waals surface area contributed by atoms with E-state index in [-0.39, 0.29) is 0 Å². The zero-order valence-corrected chi connectivity index (χ0v) is 14.4. The van der Waals surface area contributed by atoms with Crippen molar-refractivity contribution in [3.8, 4) is 0 Å². The molecule has 1 N–H and O–H groups in total. The number of nitrogens with zero attached hydrogens (tertiary/aromatic N) is 1. The molecule has 3 heteroatoms. The summed E-state index contributed by atoms with van der Waals surface area (Å²) in [5.74, 6) is 3.35. The number of nitrogens with one attached hydrogen (secondary N) is 1. The van der Waals surface area contributed by atoms with E-state index in [0.29, 0.717) is 6.04 Å². The fourth-order valence-electron chi connectivity index (χ4n) is 2.99. The molecule has 0 saturated carbocycles. The minimum absolute atomic E-state index is 0.689. The third kappa shape index (κ3) is 5.28. The molecular formula is C16H34N2S. The average Bonchev–Trinajstić information content (AvgIpc) is 2.45. The van der Waals surface area contributed by atoms with E-state index in [1.54, 1.807) is 0 Å². The van der Waals surface area contributed by atoms with Gasteiger partial charge in [0.05, 0.1) is 0 Å². The van der Waals surface area contributed by atoms with Crippen molar-refractivity contribution < 1.29 is 0 Å². The maximum absolute atomic E-state index is 3.78. The van der Waals surface area contributed by atoms with Crippen LogP contribution in [0.4, 0.5) is 0 Å². The maximum atomic E-state index is 3.78. The predicted molar refractivity (Wildman–Crippen MR) is 89.1 cm³/mol. The molecule has 0 amide bonds. The van der Waals surface area contributed by atoms with Crippen molar-refractivity contribution in [2.75, 3.05) is 24.6 Å². The van der Waals surface area contributed by atoms with Gasteiger partial charge in [-0.2, -0.15) is 11.8 Å². The first kappa shape index (κ1) is 17.3. The molecule has 2 nitrogen and oxygen atoms in total. The van der Waals surface area contributed by atoms with E-state index in [9.17, 15) is 0 Å². The topological polar surface area (TPSA) is 15.3 Å². The van der Waals surface area contributed by atoms with Gasteiger partial charge in [-0.25, -0.2) is 0 Å². The maximum Gasteiger partial charge on any atom is 0.0221 e. The van der Waals surface area contributed by atoms with E-state index in [1.807, 2.05) is 0 Å². The van der Waals surface area contributed by atoms with Crippen LogP contribution in [0.1, 0.15) is 53.9 Å². The summed E-state index contributed by atoms with van der Waals surface area (Å²) in [6.45, 7) is 14.1. The highest BCUT2D eigenvalue weighted by molar-refractivity contribution is 7.99. The Balaban J connectivity index is 2.53. The second kappa shape index (κ2) is 9.25. The van der Waals surface area contributed by atoms with Crippen molar-refractivity contribution in [1.82, 2.24) is 10.2 Å². The third-order valence-corrected chi connectivity index (χ3v) is 5.68. The van der Waals surface area contributed by atoms with Crippen LogP contribution in [0.3, 0.4) is 0 Å². The average molecular weight is 287 g/mol. The van der Waals surface area contributed by atoms with Gasteiger partial charge in [0, 0.05) is 31.2 Å². The van der Waals surface area contributed by atoms with Crippen molar-refractivity contribution in [2.24, 2.45) is 5.92 Å². The third-order valence-electron chi connectivity index (χ3n) is 4.74. The Hall–Kier alpha value is 0.270. The molecule has 4 unspecified atom stereocenters. The molecule has 19 heavy (non-hydrogen) atoms. The second-order valence-electron chi connectivity index (χ2n) is 5.99. The summed E-state index contributed by atoms with van der Waals surface area (Å²) in [5.41, 5.74) is 0. The molecule has 1 rings (SSSR count). The van der Waals surface area contributed by atoms with E-state index in [0.717, 1.165) is 18.0 Å². The Bertz CT molecular complexity index is 235. The van der Waals surface area contributed by atoms with E-state index in [4.69, 9.17) is 0 Å². The summed E-state index contributed by atoms with van der Waals surface area (Å²) in [5, 5.41) is 3.78. The van der Waals surface area contributed by atoms with Crippen LogP contribution in [-0.4, -0.2) is 47.6 Å². The number of hydrogen-bond acceptors (Lipinski definition) is 3. The minimum Gasteiger partial charge on any atom is -0.311 e. The van der Waals surface area contributed by atoms with Crippen LogP contribution in [0.25, 0.3) is 0 Å². The van der Waals surface area contributed by atoms with E-state index >= 15 is 0 Å². The lowest BCUT2D eigenvalue weighted by Gasteiger charge is -2.45. The number of piperazine rings is 1. The predicted octanol–water partition coefficient (Wildman–Crippen LogP) is 3.62. The second-order valence-corrected chi connectivity index (χ2v) is 7.39. The van der Waals surface area contributed by atoms with Gasteiger partial charge < -0.3 is 5.32 Å². The van der Waals surface area contributed by atoms with Crippen LogP contribution in [0.15, 0.2) is 0 Å². The molecule has 1 heterocycles. The van der Waals surface area contributed by atoms with Gasteiger partial charge in [0.25, 0.3) is 0 Å². The van der Waals surface area contributed by atoms with Crippen LogP contribution in [0.5, 0.6) is 0 Å². The highest BCUT2D eigenvalue weighted by atomic mass is 32.2. The van der Waals surface area contributed by atoms with Gasteiger partial charge >= 0.3 is 0 Å². The summed E-state index contributed by atoms with van der Waals surface area (Å²) >= 11 is 2.08. The Kier molecular flexibility index (Phi) is 8.43. The minimum atomic E-state index is 0.689. The molecule has 0 spiro atoms. The molecule has 0 aromatic carbocycles. The molecule has 1 fully saturated rings. The molecular weight excluding hydrogens is 252 g/mol. The highest BCUT2D eigenvalue weighted by Crippen LogP contribution is 2.21. The van der Waals surface area contributed by atoms with Crippen LogP contribution in [0.2, 0.25) is 0 Å². The van der Waals surface area contributed by atoms with Gasteiger partial charge in [-0.1, -0.05) is 34.1 Å². The van der Waals surface area contributed by atoms with Crippen LogP contribution in [0, 0.1) is 5.92 Å². The molecule has 1 aliphatic rings. The molecule has 0 aromatic rings. The van der Waals surface area contributed by atoms with Crippen LogP contribution < -0.4 is 5.32 Å². The SMILES string of the molecule is CCSCCC(C)N1CC(C(C)CC)NCC1CC. The fourth-order valence-corrected chi connectivity index (χ4v) is 3.79. The van der Waals surface area contributed by atoms with Gasteiger partial charge in [0.15, 0.2) is 0 Å². The Morgan fingerprint density at radius 2 is 2.00 bits per heavy atom. The van der Waals surface area contributed by atoms with Crippen molar-refractivity contribution >= 4 is 11.8 Å². The van der Waals surface area contributed by atoms with Crippen LogP contribution >= 0.6 is 11.8 Å². The van der Waals surface area contributed by atoms with Gasteiger partial charge in [-0.3, -0.25) is 4.90 Å². The Morgan fingerprint density at radius 3 is 2.58 bits per heavy atom. The zero-order valence-electron chi connectivity index (χ0n) is 13.6. The largest absolute Gasteiger partial charge is 0.311 e. The van der Waals surface area contributed by atoms with Gasteiger partial charge in [0.2, 0.25) is 0 Å². The number of hydrogen-bond donors (Lipinski definition) is 1. The molecule has 114 valence electrons.